The lowest BCUT2D eigenvalue weighted by Crippen LogP contribution is -2.23. The van der Waals surface area contributed by atoms with Crippen LogP contribution in [-0.2, 0) is 17.8 Å². The molecule has 24 heavy (non-hydrogen) atoms. The van der Waals surface area contributed by atoms with Crippen molar-refractivity contribution in [3.8, 4) is 5.69 Å². The summed E-state index contributed by atoms with van der Waals surface area (Å²) in [6, 6.07) is 11.9. The van der Waals surface area contributed by atoms with Gasteiger partial charge in [0.25, 0.3) is 0 Å². The predicted molar refractivity (Wildman–Crippen MR) is 90.5 cm³/mol. The number of hydrogen-bond donors (Lipinski definition) is 1. The Hall–Kier alpha value is -3.02. The lowest BCUT2D eigenvalue weighted by molar-refractivity contribution is -0.121. The normalized spacial score (nSPS) is 10.5. The molecule has 2 aromatic heterocycles. The Balaban J connectivity index is 1.50. The Morgan fingerprint density at radius 3 is 2.88 bits per heavy atom. The van der Waals surface area contributed by atoms with Crippen LogP contribution >= 0.6 is 0 Å². The van der Waals surface area contributed by atoms with E-state index in [1.54, 1.807) is 23.3 Å². The summed E-state index contributed by atoms with van der Waals surface area (Å²) < 4.78 is 1.64. The molecule has 0 aliphatic heterocycles. The highest BCUT2D eigenvalue weighted by Gasteiger charge is 2.07. The summed E-state index contributed by atoms with van der Waals surface area (Å²) >= 11 is 0. The molecule has 122 valence electrons. The topological polar surface area (TPSA) is 72.7 Å². The summed E-state index contributed by atoms with van der Waals surface area (Å²) in [5, 5.41) is 11.0. The molecule has 6 nitrogen and oxygen atoms in total. The van der Waals surface area contributed by atoms with Gasteiger partial charge in [0, 0.05) is 12.6 Å². The Kier molecular flexibility index (Phi) is 4.96. The summed E-state index contributed by atoms with van der Waals surface area (Å²) in [7, 11) is 0. The third-order valence-electron chi connectivity index (χ3n) is 3.80. The van der Waals surface area contributed by atoms with Gasteiger partial charge in [-0.25, -0.2) is 4.68 Å². The molecule has 1 amide bonds. The van der Waals surface area contributed by atoms with Crippen molar-refractivity contribution in [1.82, 2.24) is 25.3 Å². The van der Waals surface area contributed by atoms with Gasteiger partial charge in [-0.2, -0.15) is 0 Å². The molecule has 1 N–H and O–H groups in total. The molecule has 2 heterocycles. The van der Waals surface area contributed by atoms with Gasteiger partial charge in [0.05, 0.1) is 24.6 Å². The molecule has 0 atom stereocenters. The molecule has 0 aliphatic rings. The molecular weight excluding hydrogens is 302 g/mol. The minimum absolute atomic E-state index is 0.00850. The number of pyridine rings is 1. The van der Waals surface area contributed by atoms with Crippen molar-refractivity contribution in [2.45, 2.75) is 26.3 Å². The second-order valence-corrected chi connectivity index (χ2v) is 5.57. The van der Waals surface area contributed by atoms with Crippen LogP contribution < -0.4 is 5.32 Å². The van der Waals surface area contributed by atoms with Gasteiger partial charge in [0.1, 0.15) is 5.69 Å². The molecule has 0 saturated carbocycles. The number of hydrogen-bond acceptors (Lipinski definition) is 4. The van der Waals surface area contributed by atoms with E-state index in [4.69, 9.17) is 0 Å². The van der Waals surface area contributed by atoms with E-state index < -0.39 is 0 Å². The third kappa shape index (κ3) is 4.04. The van der Waals surface area contributed by atoms with Crippen LogP contribution in [0.2, 0.25) is 0 Å². The lowest BCUT2D eigenvalue weighted by Gasteiger charge is -2.05. The van der Waals surface area contributed by atoms with Gasteiger partial charge >= 0.3 is 0 Å². The number of amides is 1. The number of rotatable bonds is 6. The average Bonchev–Trinajstić information content (AvgIpc) is 3.09. The van der Waals surface area contributed by atoms with Crippen LogP contribution in [0.5, 0.6) is 0 Å². The molecule has 6 heteroatoms. The highest BCUT2D eigenvalue weighted by atomic mass is 16.1. The van der Waals surface area contributed by atoms with Gasteiger partial charge in [-0.05, 0) is 36.6 Å². The van der Waals surface area contributed by atoms with Crippen molar-refractivity contribution in [2.75, 3.05) is 0 Å². The monoisotopic (exact) mass is 321 g/mol. The zero-order valence-corrected chi connectivity index (χ0v) is 13.5. The first-order valence-corrected chi connectivity index (χ1v) is 7.85. The molecule has 0 spiro atoms. The van der Waals surface area contributed by atoms with E-state index in [1.165, 1.54) is 11.1 Å². The molecular formula is C18H19N5O. The Morgan fingerprint density at radius 1 is 1.21 bits per heavy atom. The first-order valence-electron chi connectivity index (χ1n) is 7.85. The molecule has 0 fully saturated rings. The van der Waals surface area contributed by atoms with E-state index in [0.717, 1.165) is 12.1 Å². The first kappa shape index (κ1) is 15.9. The van der Waals surface area contributed by atoms with E-state index in [9.17, 15) is 4.79 Å². The van der Waals surface area contributed by atoms with E-state index in [1.807, 2.05) is 24.3 Å². The fourth-order valence-corrected chi connectivity index (χ4v) is 2.41. The Labute approximate surface area is 140 Å². The molecule has 3 aromatic rings. The Bertz CT molecular complexity index is 813. The molecule has 0 saturated heterocycles. The number of aromatic nitrogens is 4. The van der Waals surface area contributed by atoms with Gasteiger partial charge in [0.2, 0.25) is 5.91 Å². The maximum absolute atomic E-state index is 12.0. The molecule has 0 bridgehead atoms. The maximum atomic E-state index is 12.0. The van der Waals surface area contributed by atoms with Crippen molar-refractivity contribution < 1.29 is 4.79 Å². The number of nitrogens with zero attached hydrogens (tertiary/aromatic N) is 4. The zero-order valence-electron chi connectivity index (χ0n) is 13.5. The van der Waals surface area contributed by atoms with Crippen LogP contribution in [0.3, 0.4) is 0 Å². The van der Waals surface area contributed by atoms with E-state index in [-0.39, 0.29) is 5.91 Å². The largest absolute Gasteiger partial charge is 0.350 e. The van der Waals surface area contributed by atoms with E-state index in [0.29, 0.717) is 18.7 Å². The average molecular weight is 321 g/mol. The highest BCUT2D eigenvalue weighted by Crippen LogP contribution is 2.09. The summed E-state index contributed by atoms with van der Waals surface area (Å²) in [6.07, 6.45) is 6.40. The maximum Gasteiger partial charge on any atom is 0.220 e. The fourth-order valence-electron chi connectivity index (χ4n) is 2.41. The smallest absolute Gasteiger partial charge is 0.220 e. The second-order valence-electron chi connectivity index (χ2n) is 5.57. The van der Waals surface area contributed by atoms with Gasteiger partial charge < -0.3 is 5.32 Å². The highest BCUT2D eigenvalue weighted by molar-refractivity contribution is 5.76. The van der Waals surface area contributed by atoms with E-state index in [2.05, 4.69) is 39.7 Å². The number of carbonyl (C=O) groups is 1. The quantitative estimate of drug-likeness (QED) is 0.755. The third-order valence-corrected chi connectivity index (χ3v) is 3.80. The zero-order chi connectivity index (χ0) is 16.8. The number of benzene rings is 1. The number of nitrogens with one attached hydrogen (secondary N) is 1. The summed E-state index contributed by atoms with van der Waals surface area (Å²) in [4.78, 5) is 16.0. The standard InChI is InChI=1S/C18H19N5O/c1-14-5-2-3-6-15(14)8-9-18(24)20-11-16-13-23(22-21-16)17-7-4-10-19-12-17/h2-7,10,12-13H,8-9,11H2,1H3,(H,20,24). The Morgan fingerprint density at radius 2 is 2.08 bits per heavy atom. The molecule has 0 radical (unpaired) electrons. The lowest BCUT2D eigenvalue weighted by atomic mass is 10.0. The van der Waals surface area contributed by atoms with Crippen LogP contribution in [0.25, 0.3) is 5.69 Å². The van der Waals surface area contributed by atoms with Crippen molar-refractivity contribution in [3.05, 3.63) is 71.8 Å². The van der Waals surface area contributed by atoms with Crippen molar-refractivity contribution in [2.24, 2.45) is 0 Å². The van der Waals surface area contributed by atoms with Crippen molar-refractivity contribution in [1.29, 1.82) is 0 Å². The second kappa shape index (κ2) is 7.50. The number of carbonyl (C=O) groups excluding carboxylic acids is 1. The van der Waals surface area contributed by atoms with Gasteiger partial charge in [-0.15, -0.1) is 5.10 Å². The SMILES string of the molecule is Cc1ccccc1CCC(=O)NCc1cn(-c2cccnc2)nn1. The molecule has 0 unspecified atom stereocenters. The van der Waals surface area contributed by atoms with Crippen molar-refractivity contribution >= 4 is 5.91 Å². The van der Waals surface area contributed by atoms with Gasteiger partial charge in [0.15, 0.2) is 0 Å². The minimum atomic E-state index is 0.00850. The first-order chi connectivity index (χ1) is 11.7. The number of aryl methyl sites for hydroxylation is 2. The predicted octanol–water partition coefficient (Wildman–Crippen LogP) is 2.22. The van der Waals surface area contributed by atoms with Crippen LogP contribution in [0.15, 0.2) is 55.0 Å². The van der Waals surface area contributed by atoms with Crippen LogP contribution in [-0.4, -0.2) is 25.9 Å². The van der Waals surface area contributed by atoms with Crippen LogP contribution in [0.4, 0.5) is 0 Å². The molecule has 1 aromatic carbocycles. The minimum Gasteiger partial charge on any atom is -0.350 e. The van der Waals surface area contributed by atoms with Crippen molar-refractivity contribution in [3.63, 3.8) is 0 Å². The fraction of sp³-hybridized carbons (Fsp3) is 0.222. The van der Waals surface area contributed by atoms with Gasteiger partial charge in [-0.3, -0.25) is 9.78 Å². The summed E-state index contributed by atoms with van der Waals surface area (Å²) in [5.74, 6) is 0.00850. The van der Waals surface area contributed by atoms with Gasteiger partial charge in [-0.1, -0.05) is 29.5 Å². The molecule has 0 aliphatic carbocycles. The van der Waals surface area contributed by atoms with E-state index >= 15 is 0 Å². The molecule has 3 rings (SSSR count). The van der Waals surface area contributed by atoms with Crippen LogP contribution in [0.1, 0.15) is 23.2 Å². The summed E-state index contributed by atoms with van der Waals surface area (Å²) in [6.45, 7) is 2.43. The van der Waals surface area contributed by atoms with Crippen LogP contribution in [0, 0.1) is 6.92 Å². The summed E-state index contributed by atoms with van der Waals surface area (Å²) in [5.41, 5.74) is 3.96.